The molecule has 0 spiro atoms. The first-order chi connectivity index (χ1) is 25.4. The molecule has 0 radical (unpaired) electrons. The third-order valence-corrected chi connectivity index (χ3v) is 11.1. The van der Waals surface area contributed by atoms with Crippen LogP contribution in [0.2, 0.25) is 5.02 Å². The van der Waals surface area contributed by atoms with Gasteiger partial charge in [0.1, 0.15) is 29.5 Å². The quantitative estimate of drug-likeness (QED) is 0.142. The van der Waals surface area contributed by atoms with E-state index in [2.05, 4.69) is 20.3 Å². The molecule has 11 nitrogen and oxygen atoms in total. The zero-order valence-corrected chi connectivity index (χ0v) is 31.2. The number of carbonyl (C=O) groups excluding carboxylic acids is 3. The molecule has 0 aliphatic carbocycles. The van der Waals surface area contributed by atoms with Crippen LogP contribution in [0.15, 0.2) is 77.2 Å². The number of halogens is 2. The summed E-state index contributed by atoms with van der Waals surface area (Å²) in [5, 5.41) is 6.81. The number of hydrogen-bond donors (Lipinski definition) is 3. The number of piperidine rings is 1. The van der Waals surface area contributed by atoms with E-state index in [0.717, 1.165) is 37.8 Å². The summed E-state index contributed by atoms with van der Waals surface area (Å²) in [5.74, 6) is -2.11. The van der Waals surface area contributed by atoms with E-state index in [4.69, 9.17) is 16.0 Å². The summed E-state index contributed by atoms with van der Waals surface area (Å²) < 4.78 is 47.6. The molecule has 3 aromatic carbocycles. The second-order valence-corrected chi connectivity index (χ2v) is 16.4. The fourth-order valence-corrected chi connectivity index (χ4v) is 8.28. The number of carbonyl (C=O) groups is 3. The number of ketones is 1. The molecule has 6 rings (SSSR count). The monoisotopic (exact) mass is 765 g/mol. The van der Waals surface area contributed by atoms with Gasteiger partial charge in [-0.1, -0.05) is 48.0 Å². The second kappa shape index (κ2) is 17.3. The Bertz CT molecular complexity index is 1990. The molecule has 2 saturated heterocycles. The molecule has 282 valence electrons. The van der Waals surface area contributed by atoms with Crippen molar-refractivity contribution in [2.75, 3.05) is 25.9 Å². The topological polar surface area (TPSA) is 151 Å². The van der Waals surface area contributed by atoms with Gasteiger partial charge in [-0.3, -0.25) is 14.4 Å². The minimum atomic E-state index is -3.78. The molecular weight excluding hydrogens is 721 g/mol. The summed E-state index contributed by atoms with van der Waals surface area (Å²) in [6.07, 6.45) is 5.40. The SMILES string of the molecule is CS(=O)(=O)N[C@H](CCC1CCNCC1)C(=O)N1C[C@H](CCc2ccc(Cl)cc2)C[C@H]1C(=O)N[C@@H](Cc1cccc(F)c1)C(=O)c1nc2ccccc2o1. The van der Waals surface area contributed by atoms with Crippen LogP contribution in [0, 0.1) is 17.7 Å². The highest BCUT2D eigenvalue weighted by Gasteiger charge is 2.43. The fourth-order valence-electron chi connectivity index (χ4n) is 7.41. The van der Waals surface area contributed by atoms with E-state index in [1.807, 2.05) is 24.3 Å². The van der Waals surface area contributed by atoms with Crippen LogP contribution in [-0.2, 0) is 32.5 Å². The third-order valence-electron chi connectivity index (χ3n) is 10.2. The minimum Gasteiger partial charge on any atom is -0.434 e. The number of oxazole rings is 1. The summed E-state index contributed by atoms with van der Waals surface area (Å²) in [7, 11) is -3.78. The molecule has 2 fully saturated rings. The van der Waals surface area contributed by atoms with E-state index in [1.54, 1.807) is 30.3 Å². The Balaban J connectivity index is 1.26. The lowest BCUT2D eigenvalue weighted by atomic mass is 9.91. The number of Topliss-reactive ketones (excluding diaryl/α,β-unsaturated/α-hetero) is 1. The second-order valence-electron chi connectivity index (χ2n) is 14.2. The van der Waals surface area contributed by atoms with Gasteiger partial charge >= 0.3 is 0 Å². The van der Waals surface area contributed by atoms with Gasteiger partial charge < -0.3 is 20.0 Å². The van der Waals surface area contributed by atoms with Crippen LogP contribution in [0.1, 0.15) is 60.3 Å². The van der Waals surface area contributed by atoms with E-state index >= 15 is 0 Å². The van der Waals surface area contributed by atoms with Crippen molar-refractivity contribution in [2.24, 2.45) is 11.8 Å². The molecule has 2 amide bonds. The zero-order valence-electron chi connectivity index (χ0n) is 29.6. The van der Waals surface area contributed by atoms with Crippen molar-refractivity contribution in [3.05, 3.63) is 101 Å². The van der Waals surface area contributed by atoms with Crippen molar-refractivity contribution >= 4 is 50.3 Å². The predicted octanol–water partition coefficient (Wildman–Crippen LogP) is 5.08. The largest absolute Gasteiger partial charge is 0.434 e. The lowest BCUT2D eigenvalue weighted by Crippen LogP contribution is -2.55. The first kappa shape index (κ1) is 38.6. The van der Waals surface area contributed by atoms with Crippen LogP contribution < -0.4 is 15.4 Å². The van der Waals surface area contributed by atoms with Gasteiger partial charge in [0.15, 0.2) is 5.58 Å². The number of aryl methyl sites for hydroxylation is 1. The number of benzene rings is 3. The molecule has 53 heavy (non-hydrogen) atoms. The average molecular weight is 766 g/mol. The van der Waals surface area contributed by atoms with Gasteiger partial charge in [0.05, 0.1) is 6.26 Å². The third kappa shape index (κ3) is 10.5. The molecule has 4 aromatic rings. The fraction of sp³-hybridized carbons (Fsp3) is 0.436. The maximum absolute atomic E-state index is 14.4. The van der Waals surface area contributed by atoms with Crippen LogP contribution in [-0.4, -0.2) is 79.9 Å². The summed E-state index contributed by atoms with van der Waals surface area (Å²) in [4.78, 5) is 48.6. The molecule has 2 aliphatic rings. The highest BCUT2D eigenvalue weighted by Crippen LogP contribution is 2.30. The van der Waals surface area contributed by atoms with Gasteiger partial charge in [0.2, 0.25) is 27.6 Å². The highest BCUT2D eigenvalue weighted by atomic mass is 35.5. The number of likely N-dealkylation sites (tertiary alicyclic amines) is 1. The first-order valence-corrected chi connectivity index (χ1v) is 20.4. The number of aromatic nitrogens is 1. The summed E-state index contributed by atoms with van der Waals surface area (Å²) in [6, 6.07) is 16.9. The Morgan fingerprint density at radius 2 is 1.74 bits per heavy atom. The molecule has 3 N–H and O–H groups in total. The molecule has 0 unspecified atom stereocenters. The average Bonchev–Trinajstić information content (AvgIpc) is 3.77. The van der Waals surface area contributed by atoms with Gasteiger partial charge in [0.25, 0.3) is 5.89 Å². The molecule has 2 aliphatic heterocycles. The van der Waals surface area contributed by atoms with Crippen molar-refractivity contribution in [1.82, 2.24) is 25.2 Å². The van der Waals surface area contributed by atoms with E-state index in [-0.39, 0.29) is 31.2 Å². The molecule has 0 saturated carbocycles. The van der Waals surface area contributed by atoms with E-state index in [9.17, 15) is 27.2 Å². The normalized spacial score (nSPS) is 19.3. The number of sulfonamides is 1. The Kier molecular flexibility index (Phi) is 12.6. The maximum Gasteiger partial charge on any atom is 0.266 e. The van der Waals surface area contributed by atoms with Crippen molar-refractivity contribution < 1.29 is 31.6 Å². The van der Waals surface area contributed by atoms with Crippen molar-refractivity contribution in [3.8, 4) is 0 Å². The minimum absolute atomic E-state index is 0.0593. The molecule has 1 aromatic heterocycles. The van der Waals surface area contributed by atoms with E-state index in [0.29, 0.717) is 53.3 Å². The Morgan fingerprint density at radius 3 is 2.45 bits per heavy atom. The molecular formula is C39H45ClFN5O6S. The standard InChI is InChI=1S/C39H45ClFN5O6S/c1-53(50,51)45-32(16-13-26-17-19-42-20-18-26)39(49)46-24-28(10-9-25-11-14-29(40)15-12-25)23-34(46)37(48)43-33(22-27-5-4-6-30(41)21-27)36(47)38-44-31-7-2-3-8-35(31)52-38/h2-8,11-12,14-15,21,26,28,32-34,42,45H,9-10,13,16-20,22-24H2,1H3,(H,43,48)/t28-,32-,33+,34+/m1/s1. The molecule has 3 heterocycles. The number of nitrogens with zero attached hydrogens (tertiary/aromatic N) is 2. The Hall–Kier alpha value is -4.17. The number of para-hydroxylation sites is 2. The lowest BCUT2D eigenvalue weighted by molar-refractivity contribution is -0.140. The van der Waals surface area contributed by atoms with Gasteiger partial charge in [0, 0.05) is 18.0 Å². The predicted molar refractivity (Wildman–Crippen MR) is 200 cm³/mol. The summed E-state index contributed by atoms with van der Waals surface area (Å²) in [5.41, 5.74) is 2.39. The van der Waals surface area contributed by atoms with Crippen LogP contribution in [0.3, 0.4) is 0 Å². The number of amides is 2. The number of fused-ring (bicyclic) bond motifs is 1. The van der Waals surface area contributed by atoms with Gasteiger partial charge in [-0.05, 0) is 117 Å². The number of rotatable bonds is 15. The lowest BCUT2D eigenvalue weighted by Gasteiger charge is -2.30. The maximum atomic E-state index is 14.4. The van der Waals surface area contributed by atoms with Gasteiger partial charge in [-0.2, -0.15) is 0 Å². The van der Waals surface area contributed by atoms with Crippen molar-refractivity contribution in [1.29, 1.82) is 0 Å². The molecule has 14 heteroatoms. The van der Waals surface area contributed by atoms with E-state index < -0.39 is 51.6 Å². The number of nitrogens with one attached hydrogen (secondary N) is 3. The highest BCUT2D eigenvalue weighted by molar-refractivity contribution is 7.88. The Morgan fingerprint density at radius 1 is 0.981 bits per heavy atom. The summed E-state index contributed by atoms with van der Waals surface area (Å²) in [6.45, 7) is 1.96. The molecule has 4 atom stereocenters. The van der Waals surface area contributed by atoms with Gasteiger partial charge in [-0.25, -0.2) is 22.5 Å². The zero-order chi connectivity index (χ0) is 37.5. The van der Waals surface area contributed by atoms with Crippen LogP contribution in [0.5, 0.6) is 0 Å². The van der Waals surface area contributed by atoms with Crippen LogP contribution in [0.25, 0.3) is 11.1 Å². The van der Waals surface area contributed by atoms with Crippen LogP contribution in [0.4, 0.5) is 4.39 Å². The van der Waals surface area contributed by atoms with Crippen molar-refractivity contribution in [2.45, 2.75) is 69.5 Å². The van der Waals surface area contributed by atoms with Crippen molar-refractivity contribution in [3.63, 3.8) is 0 Å². The van der Waals surface area contributed by atoms with E-state index in [1.165, 1.54) is 23.1 Å². The Labute approximate surface area is 314 Å². The summed E-state index contributed by atoms with van der Waals surface area (Å²) >= 11 is 6.09. The first-order valence-electron chi connectivity index (χ1n) is 18.1. The number of hydrogen-bond acceptors (Lipinski definition) is 8. The van der Waals surface area contributed by atoms with Gasteiger partial charge in [-0.15, -0.1) is 0 Å². The molecule has 0 bridgehead atoms. The van der Waals surface area contributed by atoms with Crippen LogP contribution >= 0.6 is 11.6 Å². The smallest absolute Gasteiger partial charge is 0.266 e.